The van der Waals surface area contributed by atoms with E-state index in [9.17, 15) is 0 Å². The largest absolute Gasteiger partial charge is 0.462 e. The molecule has 5 rings (SSSR count). The van der Waals surface area contributed by atoms with Crippen LogP contribution in [0.3, 0.4) is 0 Å². The first-order chi connectivity index (χ1) is 11.8. The minimum absolute atomic E-state index is 0.401. The highest BCUT2D eigenvalue weighted by Gasteiger charge is 2.41. The van der Waals surface area contributed by atoms with Crippen LogP contribution in [-0.4, -0.2) is 34.9 Å². The van der Waals surface area contributed by atoms with Crippen LogP contribution in [0.2, 0.25) is 0 Å². The molecule has 1 aromatic heterocycles. The summed E-state index contributed by atoms with van der Waals surface area (Å²) in [6.07, 6.45) is 8.90. The lowest BCUT2D eigenvalue weighted by Crippen LogP contribution is -2.51. The van der Waals surface area contributed by atoms with Crippen molar-refractivity contribution in [1.29, 1.82) is 0 Å². The molecule has 4 heteroatoms. The van der Waals surface area contributed by atoms with Gasteiger partial charge in [0.15, 0.2) is 0 Å². The molecule has 126 valence electrons. The van der Waals surface area contributed by atoms with Crippen molar-refractivity contribution in [3.05, 3.63) is 48.3 Å². The van der Waals surface area contributed by atoms with E-state index in [1.807, 2.05) is 12.1 Å². The van der Waals surface area contributed by atoms with Crippen LogP contribution in [0.15, 0.2) is 42.7 Å². The molecule has 1 spiro atoms. The number of benzene rings is 1. The summed E-state index contributed by atoms with van der Waals surface area (Å²) >= 11 is 0. The van der Waals surface area contributed by atoms with Crippen LogP contribution in [0, 0.1) is 5.92 Å². The number of fused-ring (bicyclic) bond motifs is 1. The number of rotatable bonds is 3. The molecule has 3 aliphatic rings. The Morgan fingerprint density at radius 1 is 1.08 bits per heavy atom. The van der Waals surface area contributed by atoms with Crippen molar-refractivity contribution in [1.82, 2.24) is 9.47 Å². The number of nitrogens with zero attached hydrogens (tertiary/aromatic N) is 2. The maximum Gasteiger partial charge on any atom is 0.213 e. The van der Waals surface area contributed by atoms with Gasteiger partial charge in [-0.25, -0.2) is 0 Å². The minimum atomic E-state index is -0.401. The molecule has 0 bridgehead atoms. The van der Waals surface area contributed by atoms with E-state index in [4.69, 9.17) is 9.47 Å². The van der Waals surface area contributed by atoms with Crippen LogP contribution >= 0.6 is 0 Å². The predicted octanol–water partition coefficient (Wildman–Crippen LogP) is 3.59. The second-order valence-electron chi connectivity index (χ2n) is 7.43. The zero-order valence-electron chi connectivity index (χ0n) is 14.0. The molecule has 0 unspecified atom stereocenters. The maximum absolute atomic E-state index is 6.34. The second-order valence-corrected chi connectivity index (χ2v) is 7.43. The standard InChI is InChI=1S/C20H24N2O2/c1-2-10-22(9-1)18-5-6-19-17(13-18)15-23-20(24-19)7-11-21(12-8-20)14-16-3-4-16/h1-2,5-6,9-10,13,16H,3-4,7-8,11-12,14-15H2. The van der Waals surface area contributed by atoms with Gasteiger partial charge in [-0.2, -0.15) is 0 Å². The maximum atomic E-state index is 6.34. The van der Waals surface area contributed by atoms with Crippen molar-refractivity contribution in [3.8, 4) is 11.4 Å². The highest BCUT2D eigenvalue weighted by Crippen LogP contribution is 2.39. The monoisotopic (exact) mass is 324 g/mol. The normalized spacial score (nSPS) is 23.0. The Bertz CT molecular complexity index is 713. The van der Waals surface area contributed by atoms with Gasteiger partial charge in [0.2, 0.25) is 5.79 Å². The zero-order chi connectivity index (χ0) is 16.0. The molecule has 2 aromatic rings. The third kappa shape index (κ3) is 2.74. The molecule has 1 aromatic carbocycles. The number of hydrogen-bond donors (Lipinski definition) is 0. The summed E-state index contributed by atoms with van der Waals surface area (Å²) in [6.45, 7) is 4.10. The van der Waals surface area contributed by atoms with E-state index in [1.54, 1.807) is 0 Å². The van der Waals surface area contributed by atoms with Crippen molar-refractivity contribution >= 4 is 0 Å². The Balaban J connectivity index is 1.30. The topological polar surface area (TPSA) is 26.6 Å². The fraction of sp³-hybridized carbons (Fsp3) is 0.500. The number of likely N-dealkylation sites (tertiary alicyclic amines) is 1. The highest BCUT2D eigenvalue weighted by molar-refractivity contribution is 5.45. The van der Waals surface area contributed by atoms with Crippen LogP contribution in [0.1, 0.15) is 31.2 Å². The molecule has 1 saturated heterocycles. The first kappa shape index (κ1) is 14.6. The van der Waals surface area contributed by atoms with Gasteiger partial charge in [0.25, 0.3) is 0 Å². The summed E-state index contributed by atoms with van der Waals surface area (Å²) in [5.74, 6) is 1.55. The van der Waals surface area contributed by atoms with E-state index >= 15 is 0 Å². The van der Waals surface area contributed by atoms with Crippen molar-refractivity contribution < 1.29 is 9.47 Å². The third-order valence-electron chi connectivity index (χ3n) is 5.56. The number of hydrogen-bond acceptors (Lipinski definition) is 3. The minimum Gasteiger partial charge on any atom is -0.462 e. The van der Waals surface area contributed by atoms with Crippen LogP contribution in [-0.2, 0) is 11.3 Å². The van der Waals surface area contributed by atoms with Crippen molar-refractivity contribution in [3.63, 3.8) is 0 Å². The van der Waals surface area contributed by atoms with Gasteiger partial charge in [0, 0.05) is 56.1 Å². The van der Waals surface area contributed by atoms with Gasteiger partial charge in [-0.3, -0.25) is 0 Å². The quantitative estimate of drug-likeness (QED) is 0.863. The molecule has 24 heavy (non-hydrogen) atoms. The predicted molar refractivity (Wildman–Crippen MR) is 92.3 cm³/mol. The Labute approximate surface area is 143 Å². The van der Waals surface area contributed by atoms with E-state index in [1.165, 1.54) is 19.4 Å². The van der Waals surface area contributed by atoms with Crippen molar-refractivity contribution in [2.75, 3.05) is 19.6 Å². The fourth-order valence-electron chi connectivity index (χ4n) is 3.87. The first-order valence-corrected chi connectivity index (χ1v) is 9.11. The average molecular weight is 324 g/mol. The summed E-state index contributed by atoms with van der Waals surface area (Å²) in [5.41, 5.74) is 2.30. The molecular weight excluding hydrogens is 300 g/mol. The van der Waals surface area contributed by atoms with E-state index in [0.717, 1.165) is 48.8 Å². The van der Waals surface area contributed by atoms with Gasteiger partial charge >= 0.3 is 0 Å². The second kappa shape index (κ2) is 5.64. The number of ether oxygens (including phenoxy) is 2. The van der Waals surface area contributed by atoms with Crippen LogP contribution < -0.4 is 4.74 Å². The van der Waals surface area contributed by atoms with E-state index < -0.39 is 5.79 Å². The summed E-state index contributed by atoms with van der Waals surface area (Å²) in [4.78, 5) is 2.58. The molecule has 2 fully saturated rings. The molecule has 4 nitrogen and oxygen atoms in total. The smallest absolute Gasteiger partial charge is 0.213 e. The Hall–Kier alpha value is -1.78. The van der Waals surface area contributed by atoms with Gasteiger partial charge in [0.05, 0.1) is 6.61 Å². The fourth-order valence-corrected chi connectivity index (χ4v) is 3.87. The highest BCUT2D eigenvalue weighted by atomic mass is 16.7. The van der Waals surface area contributed by atoms with Crippen LogP contribution in [0.25, 0.3) is 5.69 Å². The lowest BCUT2D eigenvalue weighted by molar-refractivity contribution is -0.228. The summed E-state index contributed by atoms with van der Waals surface area (Å²) < 4.78 is 14.7. The third-order valence-corrected chi connectivity index (χ3v) is 5.56. The lowest BCUT2D eigenvalue weighted by atomic mass is 10.0. The van der Waals surface area contributed by atoms with Gasteiger partial charge < -0.3 is 18.9 Å². The Morgan fingerprint density at radius 3 is 2.62 bits per heavy atom. The van der Waals surface area contributed by atoms with Crippen molar-refractivity contribution in [2.45, 2.75) is 38.1 Å². The Morgan fingerprint density at radius 2 is 1.88 bits per heavy atom. The molecule has 3 heterocycles. The zero-order valence-corrected chi connectivity index (χ0v) is 14.0. The summed E-state index contributed by atoms with van der Waals surface area (Å²) in [6, 6.07) is 10.5. The molecule has 0 radical (unpaired) electrons. The van der Waals surface area contributed by atoms with Crippen LogP contribution in [0.4, 0.5) is 0 Å². The summed E-state index contributed by atoms with van der Waals surface area (Å²) in [5, 5.41) is 0. The van der Waals surface area contributed by atoms with Gasteiger partial charge in [0.1, 0.15) is 5.75 Å². The van der Waals surface area contributed by atoms with E-state index in [0.29, 0.717) is 6.61 Å². The Kier molecular flexibility index (Phi) is 3.42. The van der Waals surface area contributed by atoms with E-state index in [2.05, 4.69) is 40.1 Å². The van der Waals surface area contributed by atoms with E-state index in [-0.39, 0.29) is 0 Å². The number of piperidine rings is 1. The molecule has 0 N–H and O–H groups in total. The average Bonchev–Trinajstić information content (AvgIpc) is 3.26. The van der Waals surface area contributed by atoms with Gasteiger partial charge in [-0.05, 0) is 49.1 Å². The lowest BCUT2D eigenvalue weighted by Gasteiger charge is -2.44. The van der Waals surface area contributed by atoms with Crippen molar-refractivity contribution in [2.24, 2.45) is 5.92 Å². The molecule has 0 atom stereocenters. The molecule has 1 saturated carbocycles. The van der Waals surface area contributed by atoms with Gasteiger partial charge in [-0.1, -0.05) is 0 Å². The van der Waals surface area contributed by atoms with Gasteiger partial charge in [-0.15, -0.1) is 0 Å². The van der Waals surface area contributed by atoms with Crippen LogP contribution in [0.5, 0.6) is 5.75 Å². The SMILES string of the molecule is c1ccn(-c2ccc3c(c2)COC2(CCN(CC4CC4)CC2)O3)c1. The summed E-state index contributed by atoms with van der Waals surface area (Å²) in [7, 11) is 0. The number of aromatic nitrogens is 1. The first-order valence-electron chi connectivity index (χ1n) is 9.11. The molecular formula is C20H24N2O2. The molecule has 1 aliphatic carbocycles. The molecule has 0 amide bonds. The molecule has 2 aliphatic heterocycles.